The van der Waals surface area contributed by atoms with Crippen molar-refractivity contribution in [1.29, 1.82) is 0 Å². The number of carbonyl (C=O) groups is 1. The van der Waals surface area contributed by atoms with Gasteiger partial charge in [-0.15, -0.1) is 0 Å². The van der Waals surface area contributed by atoms with Crippen LogP contribution in [-0.4, -0.2) is 10.8 Å². The maximum Gasteiger partial charge on any atom is 0.284 e. The molecule has 0 spiro atoms. The summed E-state index contributed by atoms with van der Waals surface area (Å²) in [7, 11) is 0. The van der Waals surface area contributed by atoms with E-state index in [4.69, 9.17) is 0 Å². The molecule has 0 aliphatic carbocycles. The average Bonchev–Trinajstić information content (AvgIpc) is 2.43. The van der Waals surface area contributed by atoms with E-state index in [-0.39, 0.29) is 17.2 Å². The summed E-state index contributed by atoms with van der Waals surface area (Å²) < 4.78 is 0.343. The average molecular weight is 349 g/mol. The number of benzene rings is 2. The molecule has 0 atom stereocenters. The van der Waals surface area contributed by atoms with Gasteiger partial charge >= 0.3 is 0 Å². The van der Waals surface area contributed by atoms with E-state index in [2.05, 4.69) is 21.2 Å². The van der Waals surface area contributed by atoms with Gasteiger partial charge in [-0.3, -0.25) is 14.9 Å². The normalized spacial score (nSPS) is 10.2. The van der Waals surface area contributed by atoms with Gasteiger partial charge in [-0.05, 0) is 59.1 Å². The van der Waals surface area contributed by atoms with Crippen LogP contribution in [0.4, 0.5) is 11.4 Å². The van der Waals surface area contributed by atoms with Crippen LogP contribution in [0.3, 0.4) is 0 Å². The van der Waals surface area contributed by atoms with Crippen molar-refractivity contribution in [3.8, 4) is 0 Å². The highest BCUT2D eigenvalue weighted by Gasteiger charge is 2.16. The fraction of sp³-hybridized carbons (Fsp3) is 0.133. The number of anilines is 1. The Kier molecular flexibility index (Phi) is 4.37. The fourth-order valence-electron chi connectivity index (χ4n) is 1.86. The Hall–Kier alpha value is -2.21. The van der Waals surface area contributed by atoms with E-state index in [1.54, 1.807) is 0 Å². The van der Waals surface area contributed by atoms with Gasteiger partial charge in [-0.2, -0.15) is 0 Å². The Balaban J connectivity index is 2.30. The molecule has 0 aromatic heterocycles. The minimum atomic E-state index is -0.529. The molecule has 0 fully saturated rings. The topological polar surface area (TPSA) is 72.2 Å². The lowest BCUT2D eigenvalue weighted by molar-refractivity contribution is -0.385. The van der Waals surface area contributed by atoms with E-state index in [1.165, 1.54) is 18.2 Å². The summed E-state index contributed by atoms with van der Waals surface area (Å²) in [4.78, 5) is 22.6. The van der Waals surface area contributed by atoms with E-state index < -0.39 is 4.92 Å². The van der Waals surface area contributed by atoms with Crippen molar-refractivity contribution in [2.75, 3.05) is 5.32 Å². The van der Waals surface area contributed by atoms with Gasteiger partial charge in [0, 0.05) is 17.3 Å². The van der Waals surface area contributed by atoms with E-state index in [1.807, 2.05) is 32.0 Å². The molecular weight excluding hydrogens is 336 g/mol. The molecule has 0 aliphatic rings. The standard InChI is InChI=1S/C15H13BrN2O3/c1-9-3-4-10(2)13(7-9)17-15(19)11-5-6-12(16)14(8-11)18(20)21/h3-8H,1-2H3,(H,17,19). The third-order valence-electron chi connectivity index (χ3n) is 3.05. The van der Waals surface area contributed by atoms with Crippen LogP contribution in [-0.2, 0) is 0 Å². The maximum atomic E-state index is 12.2. The number of nitrogens with one attached hydrogen (secondary N) is 1. The van der Waals surface area contributed by atoms with Crippen molar-refractivity contribution in [2.24, 2.45) is 0 Å². The second-order valence-electron chi connectivity index (χ2n) is 4.70. The van der Waals surface area contributed by atoms with Gasteiger partial charge in [-0.1, -0.05) is 12.1 Å². The third-order valence-corrected chi connectivity index (χ3v) is 3.72. The fourth-order valence-corrected chi connectivity index (χ4v) is 2.25. The van der Waals surface area contributed by atoms with Gasteiger partial charge < -0.3 is 5.32 Å². The van der Waals surface area contributed by atoms with Crippen molar-refractivity contribution in [3.05, 3.63) is 67.7 Å². The van der Waals surface area contributed by atoms with Gasteiger partial charge in [0.05, 0.1) is 9.40 Å². The smallest absolute Gasteiger partial charge is 0.284 e. The number of amides is 1. The lowest BCUT2D eigenvalue weighted by atomic mass is 10.1. The van der Waals surface area contributed by atoms with Crippen LogP contribution >= 0.6 is 15.9 Å². The summed E-state index contributed by atoms with van der Waals surface area (Å²) in [6.07, 6.45) is 0. The van der Waals surface area contributed by atoms with Crippen LogP contribution in [0.1, 0.15) is 21.5 Å². The number of rotatable bonds is 3. The second kappa shape index (κ2) is 6.05. The van der Waals surface area contributed by atoms with E-state index in [9.17, 15) is 14.9 Å². The van der Waals surface area contributed by atoms with Crippen LogP contribution in [0, 0.1) is 24.0 Å². The first-order valence-corrected chi connectivity index (χ1v) is 7.00. The van der Waals surface area contributed by atoms with E-state index >= 15 is 0 Å². The van der Waals surface area contributed by atoms with Gasteiger partial charge in [0.1, 0.15) is 0 Å². The lowest BCUT2D eigenvalue weighted by Gasteiger charge is -2.09. The maximum absolute atomic E-state index is 12.2. The third kappa shape index (κ3) is 3.46. The lowest BCUT2D eigenvalue weighted by Crippen LogP contribution is -2.13. The molecular formula is C15H13BrN2O3. The number of carbonyl (C=O) groups excluding carboxylic acids is 1. The molecule has 0 unspecified atom stereocenters. The summed E-state index contributed by atoms with van der Waals surface area (Å²) in [6.45, 7) is 3.82. The Bertz CT molecular complexity index is 729. The van der Waals surface area contributed by atoms with Gasteiger partial charge in [0.15, 0.2) is 0 Å². The zero-order valence-corrected chi connectivity index (χ0v) is 13.1. The highest BCUT2D eigenvalue weighted by atomic mass is 79.9. The minimum absolute atomic E-state index is 0.136. The molecule has 1 N–H and O–H groups in total. The Morgan fingerprint density at radius 3 is 2.57 bits per heavy atom. The molecule has 2 rings (SSSR count). The molecule has 5 nitrogen and oxygen atoms in total. The van der Waals surface area contributed by atoms with Crippen LogP contribution in [0.5, 0.6) is 0 Å². The minimum Gasteiger partial charge on any atom is -0.322 e. The molecule has 21 heavy (non-hydrogen) atoms. The Morgan fingerprint density at radius 1 is 1.19 bits per heavy atom. The van der Waals surface area contributed by atoms with Crippen molar-refractivity contribution in [3.63, 3.8) is 0 Å². The number of nitro benzene ring substituents is 1. The van der Waals surface area contributed by atoms with Crippen LogP contribution in [0.25, 0.3) is 0 Å². The number of nitro groups is 1. The van der Waals surface area contributed by atoms with Crippen molar-refractivity contribution >= 4 is 33.2 Å². The van der Waals surface area contributed by atoms with Crippen molar-refractivity contribution < 1.29 is 9.72 Å². The predicted molar refractivity (Wildman–Crippen MR) is 84.7 cm³/mol. The number of aryl methyl sites for hydroxylation is 2. The zero-order chi connectivity index (χ0) is 15.6. The van der Waals surface area contributed by atoms with Gasteiger partial charge in [0.2, 0.25) is 0 Å². The molecule has 0 bridgehead atoms. The number of hydrogen-bond donors (Lipinski definition) is 1. The highest BCUT2D eigenvalue weighted by Crippen LogP contribution is 2.26. The summed E-state index contributed by atoms with van der Waals surface area (Å²) in [5.74, 6) is -0.376. The molecule has 0 radical (unpaired) electrons. The summed E-state index contributed by atoms with van der Waals surface area (Å²) in [6, 6.07) is 10.0. The molecule has 108 valence electrons. The molecule has 0 heterocycles. The quantitative estimate of drug-likeness (QED) is 0.666. The highest BCUT2D eigenvalue weighted by molar-refractivity contribution is 9.10. The molecule has 1 amide bonds. The largest absolute Gasteiger partial charge is 0.322 e. The molecule has 2 aromatic rings. The number of hydrogen-bond acceptors (Lipinski definition) is 3. The summed E-state index contributed by atoms with van der Waals surface area (Å²) >= 11 is 3.09. The molecule has 0 saturated heterocycles. The van der Waals surface area contributed by atoms with Crippen LogP contribution < -0.4 is 5.32 Å². The molecule has 0 aliphatic heterocycles. The predicted octanol–water partition coefficient (Wildman–Crippen LogP) is 4.23. The zero-order valence-electron chi connectivity index (χ0n) is 11.5. The first-order chi connectivity index (χ1) is 9.88. The number of nitrogens with zero attached hydrogens (tertiary/aromatic N) is 1. The monoisotopic (exact) mass is 348 g/mol. The number of halogens is 1. The summed E-state index contributed by atoms with van der Waals surface area (Å²) in [5, 5.41) is 13.7. The molecule has 6 heteroatoms. The first kappa shape index (κ1) is 15.2. The SMILES string of the molecule is Cc1ccc(C)c(NC(=O)c2ccc(Br)c([N+](=O)[O-])c2)c1. The van der Waals surface area contributed by atoms with Crippen LogP contribution in [0.15, 0.2) is 40.9 Å². The summed E-state index contributed by atoms with van der Waals surface area (Å²) in [5.41, 5.74) is 2.76. The molecule has 0 saturated carbocycles. The molecule has 2 aromatic carbocycles. The van der Waals surface area contributed by atoms with Crippen molar-refractivity contribution in [1.82, 2.24) is 0 Å². The van der Waals surface area contributed by atoms with Crippen molar-refractivity contribution in [2.45, 2.75) is 13.8 Å². The second-order valence-corrected chi connectivity index (χ2v) is 5.55. The van der Waals surface area contributed by atoms with Gasteiger partial charge in [0.25, 0.3) is 11.6 Å². The van der Waals surface area contributed by atoms with Gasteiger partial charge in [-0.25, -0.2) is 0 Å². The van der Waals surface area contributed by atoms with Crippen LogP contribution in [0.2, 0.25) is 0 Å². The van der Waals surface area contributed by atoms with E-state index in [0.29, 0.717) is 10.2 Å². The first-order valence-electron chi connectivity index (χ1n) is 6.21. The van der Waals surface area contributed by atoms with E-state index in [0.717, 1.165) is 11.1 Å². The Morgan fingerprint density at radius 2 is 1.90 bits per heavy atom. The Labute approximate surface area is 130 Å².